The molecule has 1 atom stereocenters. The standard InChI is InChI=1S/C20H28N4O3S/c1-15-19(16(2)24(21-15)18-10-11-28(26,27)14-18)12-22(3)13-20(25)23(4)17-8-6-5-7-9-17/h5-9,18H,10-14H2,1-4H3/t18-/m0/s1. The predicted octanol–water partition coefficient (Wildman–Crippen LogP) is 1.95. The van der Waals surface area contributed by atoms with Crippen LogP contribution in [0, 0.1) is 13.8 Å². The number of likely N-dealkylation sites (N-methyl/N-ethyl adjacent to an activating group) is 2. The van der Waals surface area contributed by atoms with Crippen LogP contribution in [-0.2, 0) is 21.2 Å². The summed E-state index contributed by atoms with van der Waals surface area (Å²) in [7, 11) is 0.728. The van der Waals surface area contributed by atoms with E-state index in [9.17, 15) is 13.2 Å². The summed E-state index contributed by atoms with van der Waals surface area (Å²) >= 11 is 0. The molecule has 1 fully saturated rings. The maximum Gasteiger partial charge on any atom is 0.240 e. The number of rotatable bonds is 6. The van der Waals surface area contributed by atoms with E-state index in [4.69, 9.17) is 0 Å². The lowest BCUT2D eigenvalue weighted by Gasteiger charge is -2.22. The fourth-order valence-electron chi connectivity index (χ4n) is 3.71. The largest absolute Gasteiger partial charge is 0.314 e. The third-order valence-electron chi connectivity index (χ3n) is 5.38. The summed E-state index contributed by atoms with van der Waals surface area (Å²) in [6.45, 7) is 4.79. The van der Waals surface area contributed by atoms with Crippen LogP contribution in [0.2, 0.25) is 0 Å². The van der Waals surface area contributed by atoms with Crippen LogP contribution in [0.1, 0.15) is 29.4 Å². The minimum Gasteiger partial charge on any atom is -0.314 e. The topological polar surface area (TPSA) is 75.5 Å². The van der Waals surface area contributed by atoms with Crippen LogP contribution in [0.15, 0.2) is 30.3 Å². The molecule has 1 aliphatic rings. The lowest BCUT2D eigenvalue weighted by Crippen LogP contribution is -2.36. The zero-order valence-electron chi connectivity index (χ0n) is 16.9. The van der Waals surface area contributed by atoms with E-state index in [-0.39, 0.29) is 30.0 Å². The highest BCUT2D eigenvalue weighted by Crippen LogP contribution is 2.27. The number of carbonyl (C=O) groups excluding carboxylic acids is 1. The molecule has 3 rings (SSSR count). The number of aryl methyl sites for hydroxylation is 1. The number of carbonyl (C=O) groups is 1. The monoisotopic (exact) mass is 404 g/mol. The van der Waals surface area contributed by atoms with E-state index < -0.39 is 9.84 Å². The van der Waals surface area contributed by atoms with Crippen molar-refractivity contribution >= 4 is 21.4 Å². The summed E-state index contributed by atoms with van der Waals surface area (Å²) in [5, 5.41) is 4.60. The summed E-state index contributed by atoms with van der Waals surface area (Å²) in [4.78, 5) is 16.2. The van der Waals surface area contributed by atoms with Gasteiger partial charge in [-0.2, -0.15) is 5.10 Å². The number of hydrogen-bond acceptors (Lipinski definition) is 5. The van der Waals surface area contributed by atoms with Gasteiger partial charge in [-0.25, -0.2) is 8.42 Å². The van der Waals surface area contributed by atoms with Crippen molar-refractivity contribution in [2.45, 2.75) is 32.9 Å². The average molecular weight is 405 g/mol. The molecule has 2 aromatic rings. The number of para-hydroxylation sites is 1. The van der Waals surface area contributed by atoms with Crippen LogP contribution in [-0.4, -0.2) is 61.2 Å². The van der Waals surface area contributed by atoms with Gasteiger partial charge < -0.3 is 4.90 Å². The van der Waals surface area contributed by atoms with Crippen molar-refractivity contribution in [3.8, 4) is 0 Å². The lowest BCUT2D eigenvalue weighted by atomic mass is 10.1. The Morgan fingerprint density at radius 1 is 1.21 bits per heavy atom. The van der Waals surface area contributed by atoms with E-state index in [1.807, 2.05) is 60.8 Å². The van der Waals surface area contributed by atoms with E-state index in [0.29, 0.717) is 13.0 Å². The van der Waals surface area contributed by atoms with Crippen LogP contribution < -0.4 is 4.90 Å². The van der Waals surface area contributed by atoms with Gasteiger partial charge in [-0.05, 0) is 39.4 Å². The second-order valence-electron chi connectivity index (χ2n) is 7.61. The van der Waals surface area contributed by atoms with Gasteiger partial charge in [0.05, 0.1) is 29.8 Å². The molecule has 0 aliphatic carbocycles. The first-order chi connectivity index (χ1) is 13.2. The lowest BCUT2D eigenvalue weighted by molar-refractivity contribution is -0.119. The van der Waals surface area contributed by atoms with Crippen molar-refractivity contribution in [1.29, 1.82) is 0 Å². The van der Waals surface area contributed by atoms with Crippen molar-refractivity contribution in [2.75, 3.05) is 37.0 Å². The molecule has 0 radical (unpaired) electrons. The van der Waals surface area contributed by atoms with Gasteiger partial charge in [-0.15, -0.1) is 0 Å². The molecule has 0 spiro atoms. The van der Waals surface area contributed by atoms with Crippen LogP contribution in [0.4, 0.5) is 5.69 Å². The third-order valence-corrected chi connectivity index (χ3v) is 7.13. The number of sulfone groups is 1. The highest BCUT2D eigenvalue weighted by molar-refractivity contribution is 7.91. The summed E-state index contributed by atoms with van der Waals surface area (Å²) in [5.74, 6) is 0.397. The molecule has 0 saturated carbocycles. The predicted molar refractivity (Wildman–Crippen MR) is 110 cm³/mol. The molecule has 1 amide bonds. The maximum absolute atomic E-state index is 12.6. The van der Waals surface area contributed by atoms with Gasteiger partial charge in [-0.3, -0.25) is 14.4 Å². The number of anilines is 1. The van der Waals surface area contributed by atoms with Crippen molar-refractivity contribution in [3.05, 3.63) is 47.3 Å². The maximum atomic E-state index is 12.6. The second-order valence-corrected chi connectivity index (χ2v) is 9.84. The smallest absolute Gasteiger partial charge is 0.240 e. The Labute approximate surface area is 166 Å². The van der Waals surface area contributed by atoms with Crippen LogP contribution >= 0.6 is 0 Å². The Kier molecular flexibility index (Phi) is 5.90. The SMILES string of the molecule is Cc1nn([C@H]2CCS(=O)(=O)C2)c(C)c1CN(C)CC(=O)N(C)c1ccccc1. The Morgan fingerprint density at radius 3 is 2.50 bits per heavy atom. The Morgan fingerprint density at radius 2 is 1.89 bits per heavy atom. The first-order valence-electron chi connectivity index (χ1n) is 9.43. The fourth-order valence-corrected chi connectivity index (χ4v) is 5.40. The molecule has 0 bridgehead atoms. The quantitative estimate of drug-likeness (QED) is 0.736. The number of nitrogens with zero attached hydrogens (tertiary/aromatic N) is 4. The van der Waals surface area contributed by atoms with Gasteiger partial charge in [0.1, 0.15) is 0 Å². The van der Waals surface area contributed by atoms with Gasteiger partial charge in [0.25, 0.3) is 0 Å². The van der Waals surface area contributed by atoms with Crippen molar-refractivity contribution in [1.82, 2.24) is 14.7 Å². The number of hydrogen-bond donors (Lipinski definition) is 0. The van der Waals surface area contributed by atoms with Crippen LogP contribution in [0.25, 0.3) is 0 Å². The normalized spacial score (nSPS) is 18.5. The van der Waals surface area contributed by atoms with Gasteiger partial charge in [0, 0.05) is 30.5 Å². The number of aromatic nitrogens is 2. The molecule has 152 valence electrons. The summed E-state index contributed by atoms with van der Waals surface area (Å²) in [6, 6.07) is 9.47. The number of benzene rings is 1. The highest BCUT2D eigenvalue weighted by atomic mass is 32.2. The van der Waals surface area contributed by atoms with E-state index in [1.54, 1.807) is 11.9 Å². The molecule has 0 unspecified atom stereocenters. The molecular weight excluding hydrogens is 376 g/mol. The molecule has 8 heteroatoms. The van der Waals surface area contributed by atoms with Crippen LogP contribution in [0.3, 0.4) is 0 Å². The van der Waals surface area contributed by atoms with E-state index in [2.05, 4.69) is 5.10 Å². The zero-order valence-corrected chi connectivity index (χ0v) is 17.7. The van der Waals surface area contributed by atoms with Crippen molar-refractivity contribution in [2.24, 2.45) is 0 Å². The molecule has 1 saturated heterocycles. The highest BCUT2D eigenvalue weighted by Gasteiger charge is 2.31. The van der Waals surface area contributed by atoms with Gasteiger partial charge >= 0.3 is 0 Å². The molecule has 2 heterocycles. The minimum atomic E-state index is -2.96. The molecule has 1 aliphatic heterocycles. The molecule has 0 N–H and O–H groups in total. The fraction of sp³-hybridized carbons (Fsp3) is 0.500. The Bertz CT molecular complexity index is 953. The van der Waals surface area contributed by atoms with Gasteiger partial charge in [-0.1, -0.05) is 18.2 Å². The minimum absolute atomic E-state index is 0.0123. The van der Waals surface area contributed by atoms with Gasteiger partial charge in [0.2, 0.25) is 5.91 Å². The molecule has 1 aromatic heterocycles. The first-order valence-corrected chi connectivity index (χ1v) is 11.2. The summed E-state index contributed by atoms with van der Waals surface area (Å²) < 4.78 is 25.5. The van der Waals surface area contributed by atoms with E-state index >= 15 is 0 Å². The van der Waals surface area contributed by atoms with Gasteiger partial charge in [0.15, 0.2) is 9.84 Å². The summed E-state index contributed by atoms with van der Waals surface area (Å²) in [6.07, 6.45) is 0.611. The van der Waals surface area contributed by atoms with E-state index in [0.717, 1.165) is 22.6 Å². The Hall–Kier alpha value is -2.19. The number of amides is 1. The Balaban J connectivity index is 1.67. The molecule has 28 heavy (non-hydrogen) atoms. The first kappa shape index (κ1) is 20.5. The zero-order chi connectivity index (χ0) is 20.5. The molecular formula is C20H28N4O3S. The molecule has 1 aromatic carbocycles. The molecule has 7 nitrogen and oxygen atoms in total. The summed E-state index contributed by atoms with van der Waals surface area (Å²) in [5.41, 5.74) is 3.79. The second kappa shape index (κ2) is 8.05. The van der Waals surface area contributed by atoms with Crippen molar-refractivity contribution in [3.63, 3.8) is 0 Å². The van der Waals surface area contributed by atoms with Crippen molar-refractivity contribution < 1.29 is 13.2 Å². The van der Waals surface area contributed by atoms with Crippen LogP contribution in [0.5, 0.6) is 0 Å². The third kappa shape index (κ3) is 4.44. The van der Waals surface area contributed by atoms with E-state index in [1.165, 1.54) is 0 Å². The average Bonchev–Trinajstić information content (AvgIpc) is 3.15.